The molecule has 3 heteroatoms. The van der Waals surface area contributed by atoms with Gasteiger partial charge in [-0.25, -0.2) is 0 Å². The van der Waals surface area contributed by atoms with Crippen LogP contribution in [0.2, 0.25) is 0 Å². The van der Waals surface area contributed by atoms with Crippen LogP contribution < -0.4 is 0 Å². The quantitative estimate of drug-likeness (QED) is 0.574. The Hall–Kier alpha value is -0.860. The minimum absolute atomic E-state index is 0.0685. The zero-order valence-electron chi connectivity index (χ0n) is 7.84. The van der Waals surface area contributed by atoms with Gasteiger partial charge in [-0.15, -0.1) is 0 Å². The van der Waals surface area contributed by atoms with E-state index in [9.17, 15) is 9.59 Å². The molecule has 2 atom stereocenters. The second-order valence-electron chi connectivity index (χ2n) is 4.40. The molecule has 1 aliphatic heterocycles. The van der Waals surface area contributed by atoms with Gasteiger partial charge in [0.1, 0.15) is 5.78 Å². The first-order chi connectivity index (χ1) is 6.12. The van der Waals surface area contributed by atoms with E-state index in [0.717, 1.165) is 12.8 Å². The summed E-state index contributed by atoms with van der Waals surface area (Å²) in [4.78, 5) is 22.5. The summed E-state index contributed by atoms with van der Waals surface area (Å²) in [6, 6.07) is 0. The molecule has 0 aromatic carbocycles. The van der Waals surface area contributed by atoms with E-state index < -0.39 is 0 Å². The van der Waals surface area contributed by atoms with Gasteiger partial charge in [-0.1, -0.05) is 6.92 Å². The third-order valence-corrected chi connectivity index (χ3v) is 3.26. The molecule has 1 saturated carbocycles. The third kappa shape index (κ3) is 1.36. The number of esters is 1. The predicted molar refractivity (Wildman–Crippen MR) is 46.0 cm³/mol. The molecule has 72 valence electrons. The summed E-state index contributed by atoms with van der Waals surface area (Å²) in [7, 11) is 0. The lowest BCUT2D eigenvalue weighted by atomic mass is 9.75. The minimum Gasteiger partial charge on any atom is -0.465 e. The van der Waals surface area contributed by atoms with Gasteiger partial charge in [0.15, 0.2) is 0 Å². The van der Waals surface area contributed by atoms with Gasteiger partial charge in [0.05, 0.1) is 13.0 Å². The number of hydrogen-bond donors (Lipinski definition) is 0. The topological polar surface area (TPSA) is 43.4 Å². The van der Waals surface area contributed by atoms with Crippen LogP contribution in [0.15, 0.2) is 0 Å². The molecule has 0 aromatic heterocycles. The van der Waals surface area contributed by atoms with Gasteiger partial charge in [0.25, 0.3) is 0 Å². The molecule has 0 amide bonds. The standard InChI is InChI=1S/C10H14O3/c1-10(5-9(12)13-6-10)7-3-2-4-8(7)11/h7H,2-6H2,1H3. The summed E-state index contributed by atoms with van der Waals surface area (Å²) in [5, 5.41) is 0. The van der Waals surface area contributed by atoms with Gasteiger partial charge < -0.3 is 4.74 Å². The van der Waals surface area contributed by atoms with Gasteiger partial charge >= 0.3 is 5.97 Å². The number of carbonyl (C=O) groups excluding carboxylic acids is 2. The molecule has 0 aromatic rings. The molecule has 1 saturated heterocycles. The Balaban J connectivity index is 2.14. The fourth-order valence-electron chi connectivity index (χ4n) is 2.45. The van der Waals surface area contributed by atoms with Crippen LogP contribution >= 0.6 is 0 Å². The first-order valence-electron chi connectivity index (χ1n) is 4.80. The van der Waals surface area contributed by atoms with E-state index in [1.54, 1.807) is 0 Å². The van der Waals surface area contributed by atoms with Crippen LogP contribution in [-0.2, 0) is 14.3 Å². The maximum absolute atomic E-state index is 11.5. The van der Waals surface area contributed by atoms with E-state index in [4.69, 9.17) is 4.74 Å². The molecule has 2 rings (SSSR count). The zero-order chi connectivity index (χ0) is 9.47. The van der Waals surface area contributed by atoms with Crippen LogP contribution in [0.1, 0.15) is 32.6 Å². The van der Waals surface area contributed by atoms with Gasteiger partial charge in [-0.05, 0) is 12.8 Å². The number of rotatable bonds is 1. The average molecular weight is 182 g/mol. The molecule has 0 spiro atoms. The lowest BCUT2D eigenvalue weighted by molar-refractivity contribution is -0.138. The van der Waals surface area contributed by atoms with Crippen molar-refractivity contribution < 1.29 is 14.3 Å². The summed E-state index contributed by atoms with van der Waals surface area (Å²) in [5.41, 5.74) is -0.204. The lowest BCUT2D eigenvalue weighted by Gasteiger charge is -2.26. The average Bonchev–Trinajstić information content (AvgIpc) is 2.59. The molecule has 0 N–H and O–H groups in total. The van der Waals surface area contributed by atoms with E-state index in [1.165, 1.54) is 0 Å². The Morgan fingerprint density at radius 2 is 2.23 bits per heavy atom. The van der Waals surface area contributed by atoms with Crippen molar-refractivity contribution in [1.82, 2.24) is 0 Å². The van der Waals surface area contributed by atoms with Crippen LogP contribution in [0.25, 0.3) is 0 Å². The maximum Gasteiger partial charge on any atom is 0.306 e. The van der Waals surface area contributed by atoms with Gasteiger partial charge in [-0.3, -0.25) is 9.59 Å². The van der Waals surface area contributed by atoms with Crippen molar-refractivity contribution in [3.05, 3.63) is 0 Å². The highest BCUT2D eigenvalue weighted by molar-refractivity contribution is 5.85. The van der Waals surface area contributed by atoms with Crippen LogP contribution in [0, 0.1) is 11.3 Å². The summed E-state index contributed by atoms with van der Waals surface area (Å²) in [6.07, 6.45) is 3.02. The molecule has 2 aliphatic rings. The van der Waals surface area contributed by atoms with Crippen LogP contribution in [0.3, 0.4) is 0 Å². The molecular weight excluding hydrogens is 168 g/mol. The maximum atomic E-state index is 11.5. The van der Waals surface area contributed by atoms with Crippen molar-refractivity contribution in [3.8, 4) is 0 Å². The Morgan fingerprint density at radius 3 is 2.69 bits per heavy atom. The number of ether oxygens (including phenoxy) is 1. The highest BCUT2D eigenvalue weighted by Gasteiger charge is 2.47. The SMILES string of the molecule is CC1(C2CCCC2=O)COC(=O)C1. The van der Waals surface area contributed by atoms with E-state index in [2.05, 4.69) is 0 Å². The molecule has 2 fully saturated rings. The van der Waals surface area contributed by atoms with E-state index >= 15 is 0 Å². The molecule has 0 bridgehead atoms. The highest BCUT2D eigenvalue weighted by Crippen LogP contribution is 2.43. The van der Waals surface area contributed by atoms with Crippen molar-refractivity contribution in [2.75, 3.05) is 6.61 Å². The normalized spacial score (nSPS) is 39.6. The fourth-order valence-corrected chi connectivity index (χ4v) is 2.45. The summed E-state index contributed by atoms with van der Waals surface area (Å²) in [6.45, 7) is 2.42. The summed E-state index contributed by atoms with van der Waals surface area (Å²) < 4.78 is 4.94. The number of ketones is 1. The van der Waals surface area contributed by atoms with E-state index in [0.29, 0.717) is 25.2 Å². The van der Waals surface area contributed by atoms with Crippen molar-refractivity contribution in [1.29, 1.82) is 0 Å². The second kappa shape index (κ2) is 2.82. The van der Waals surface area contributed by atoms with Crippen LogP contribution in [-0.4, -0.2) is 18.4 Å². The summed E-state index contributed by atoms with van der Waals surface area (Å²) in [5.74, 6) is 0.238. The van der Waals surface area contributed by atoms with Crippen LogP contribution in [0.4, 0.5) is 0 Å². The van der Waals surface area contributed by atoms with E-state index in [-0.39, 0.29) is 17.3 Å². The van der Waals surface area contributed by atoms with Crippen molar-refractivity contribution >= 4 is 11.8 Å². The first kappa shape index (κ1) is 8.73. The fraction of sp³-hybridized carbons (Fsp3) is 0.800. The molecule has 1 aliphatic carbocycles. The van der Waals surface area contributed by atoms with Crippen molar-refractivity contribution in [2.24, 2.45) is 11.3 Å². The first-order valence-corrected chi connectivity index (χ1v) is 4.80. The van der Waals surface area contributed by atoms with Gasteiger partial charge in [-0.2, -0.15) is 0 Å². The molecular formula is C10H14O3. The largest absolute Gasteiger partial charge is 0.465 e. The molecule has 13 heavy (non-hydrogen) atoms. The second-order valence-corrected chi connectivity index (χ2v) is 4.40. The van der Waals surface area contributed by atoms with E-state index in [1.807, 2.05) is 6.92 Å². The Labute approximate surface area is 77.4 Å². The smallest absolute Gasteiger partial charge is 0.306 e. The van der Waals surface area contributed by atoms with Crippen molar-refractivity contribution in [2.45, 2.75) is 32.6 Å². The van der Waals surface area contributed by atoms with Gasteiger partial charge in [0, 0.05) is 17.8 Å². The van der Waals surface area contributed by atoms with Crippen LogP contribution in [0.5, 0.6) is 0 Å². The molecule has 1 heterocycles. The number of hydrogen-bond acceptors (Lipinski definition) is 3. The number of carbonyl (C=O) groups is 2. The minimum atomic E-state index is -0.204. The third-order valence-electron chi connectivity index (χ3n) is 3.26. The molecule has 2 unspecified atom stereocenters. The summed E-state index contributed by atoms with van der Waals surface area (Å²) >= 11 is 0. The van der Waals surface area contributed by atoms with Gasteiger partial charge in [0.2, 0.25) is 0 Å². The van der Waals surface area contributed by atoms with Crippen molar-refractivity contribution in [3.63, 3.8) is 0 Å². The highest BCUT2D eigenvalue weighted by atomic mass is 16.5. The monoisotopic (exact) mass is 182 g/mol. The zero-order valence-corrected chi connectivity index (χ0v) is 7.84. The molecule has 3 nitrogen and oxygen atoms in total. The lowest BCUT2D eigenvalue weighted by Crippen LogP contribution is -2.30. The number of cyclic esters (lactones) is 1. The predicted octanol–water partition coefficient (Wildman–Crippen LogP) is 1.31. The number of Topliss-reactive ketones (excluding diaryl/α,β-unsaturated/α-hetero) is 1. The Morgan fingerprint density at radius 1 is 1.46 bits per heavy atom. The Bertz CT molecular complexity index is 259. The Kier molecular flexibility index (Phi) is 1.90. The molecule has 0 radical (unpaired) electrons.